The standard InChI is InChI=1S/C23H30N2OS/c26-23(25-16-13-19-8-3-1-4-9-19)18-22(21-12-7-15-24-21)27-17-14-20-10-5-2-6-11-20/h1-6,8-11,21-22,24H,7,12-18H2,(H,25,26). The van der Waals surface area contributed by atoms with E-state index in [2.05, 4.69) is 53.1 Å². The highest BCUT2D eigenvalue weighted by Crippen LogP contribution is 2.25. The second kappa shape index (κ2) is 11.2. The van der Waals surface area contributed by atoms with E-state index in [9.17, 15) is 4.79 Å². The predicted molar refractivity (Wildman–Crippen MR) is 115 cm³/mol. The van der Waals surface area contributed by atoms with Crippen LogP contribution >= 0.6 is 11.8 Å². The first kappa shape index (κ1) is 20.0. The largest absolute Gasteiger partial charge is 0.356 e. The number of thioether (sulfide) groups is 1. The number of aryl methyl sites for hydroxylation is 1. The molecule has 144 valence electrons. The second-order valence-corrected chi connectivity index (χ2v) is 8.48. The molecule has 4 heteroatoms. The van der Waals surface area contributed by atoms with Gasteiger partial charge in [-0.25, -0.2) is 0 Å². The molecule has 2 N–H and O–H groups in total. The summed E-state index contributed by atoms with van der Waals surface area (Å²) in [6.45, 7) is 1.79. The Labute approximate surface area is 167 Å². The number of benzene rings is 2. The summed E-state index contributed by atoms with van der Waals surface area (Å²) in [6, 6.07) is 21.4. The van der Waals surface area contributed by atoms with Crippen LogP contribution < -0.4 is 10.6 Å². The summed E-state index contributed by atoms with van der Waals surface area (Å²) < 4.78 is 0. The van der Waals surface area contributed by atoms with Crippen LogP contribution in [0.1, 0.15) is 30.4 Å². The maximum atomic E-state index is 12.5. The highest BCUT2D eigenvalue weighted by Gasteiger charge is 2.26. The molecule has 1 heterocycles. The van der Waals surface area contributed by atoms with Crippen LogP contribution in [0.3, 0.4) is 0 Å². The van der Waals surface area contributed by atoms with Gasteiger partial charge < -0.3 is 10.6 Å². The highest BCUT2D eigenvalue weighted by molar-refractivity contribution is 8.00. The number of rotatable bonds is 10. The van der Waals surface area contributed by atoms with Crippen LogP contribution in [0.2, 0.25) is 0 Å². The van der Waals surface area contributed by atoms with Gasteiger partial charge in [0.25, 0.3) is 0 Å². The molecule has 27 heavy (non-hydrogen) atoms. The van der Waals surface area contributed by atoms with Gasteiger partial charge in [-0.3, -0.25) is 4.79 Å². The first-order chi connectivity index (χ1) is 13.3. The van der Waals surface area contributed by atoms with Crippen molar-refractivity contribution in [3.8, 4) is 0 Å². The molecule has 2 aromatic carbocycles. The average molecular weight is 383 g/mol. The number of hydrogen-bond acceptors (Lipinski definition) is 3. The molecular weight excluding hydrogens is 352 g/mol. The Morgan fingerprint density at radius 1 is 1.04 bits per heavy atom. The lowest BCUT2D eigenvalue weighted by atomic mass is 10.1. The van der Waals surface area contributed by atoms with E-state index in [4.69, 9.17) is 0 Å². The number of nitrogens with one attached hydrogen (secondary N) is 2. The molecule has 0 aliphatic carbocycles. The van der Waals surface area contributed by atoms with Crippen LogP contribution in [0, 0.1) is 0 Å². The lowest BCUT2D eigenvalue weighted by molar-refractivity contribution is -0.121. The Hall–Kier alpha value is -1.78. The Balaban J connectivity index is 1.43. The van der Waals surface area contributed by atoms with Crippen molar-refractivity contribution in [2.75, 3.05) is 18.8 Å². The molecule has 0 spiro atoms. The monoisotopic (exact) mass is 382 g/mol. The van der Waals surface area contributed by atoms with Crippen LogP contribution in [0.15, 0.2) is 60.7 Å². The molecule has 2 unspecified atom stereocenters. The molecule has 1 amide bonds. The van der Waals surface area contributed by atoms with E-state index in [1.54, 1.807) is 0 Å². The number of amides is 1. The van der Waals surface area contributed by atoms with Crippen LogP contribution in [0.4, 0.5) is 0 Å². The van der Waals surface area contributed by atoms with E-state index in [-0.39, 0.29) is 5.91 Å². The van der Waals surface area contributed by atoms with Crippen molar-refractivity contribution in [2.24, 2.45) is 0 Å². The van der Waals surface area contributed by atoms with Crippen molar-refractivity contribution in [2.45, 2.75) is 43.4 Å². The zero-order chi connectivity index (χ0) is 18.7. The molecule has 0 aromatic heterocycles. The summed E-state index contributed by atoms with van der Waals surface area (Å²) in [4.78, 5) is 12.5. The molecule has 3 nitrogen and oxygen atoms in total. The molecule has 0 saturated carbocycles. The molecular formula is C23H30N2OS. The maximum Gasteiger partial charge on any atom is 0.221 e. The van der Waals surface area contributed by atoms with E-state index >= 15 is 0 Å². The van der Waals surface area contributed by atoms with Gasteiger partial charge in [0.05, 0.1) is 0 Å². The van der Waals surface area contributed by atoms with Crippen LogP contribution in [-0.2, 0) is 17.6 Å². The summed E-state index contributed by atoms with van der Waals surface area (Å²) in [7, 11) is 0. The summed E-state index contributed by atoms with van der Waals surface area (Å²) in [5.74, 6) is 1.24. The summed E-state index contributed by atoms with van der Waals surface area (Å²) in [5.41, 5.74) is 2.64. The summed E-state index contributed by atoms with van der Waals surface area (Å²) in [6.07, 6.45) is 4.95. The third-order valence-corrected chi connectivity index (χ3v) is 6.44. The number of carbonyl (C=O) groups excluding carboxylic acids is 1. The van der Waals surface area contributed by atoms with E-state index < -0.39 is 0 Å². The Bertz CT molecular complexity index is 671. The van der Waals surface area contributed by atoms with Crippen molar-refractivity contribution in [3.05, 3.63) is 71.8 Å². The van der Waals surface area contributed by atoms with E-state index in [1.165, 1.54) is 24.0 Å². The number of hydrogen-bond donors (Lipinski definition) is 2. The van der Waals surface area contributed by atoms with Crippen molar-refractivity contribution in [3.63, 3.8) is 0 Å². The average Bonchev–Trinajstić information content (AvgIpc) is 3.24. The Kier molecular flexibility index (Phi) is 8.25. The van der Waals surface area contributed by atoms with E-state index in [0.717, 1.165) is 25.1 Å². The van der Waals surface area contributed by atoms with Gasteiger partial charge in [-0.15, -0.1) is 0 Å². The predicted octanol–water partition coefficient (Wildman–Crippen LogP) is 3.83. The zero-order valence-corrected chi connectivity index (χ0v) is 16.7. The van der Waals surface area contributed by atoms with Crippen LogP contribution in [-0.4, -0.2) is 36.0 Å². The van der Waals surface area contributed by atoms with Gasteiger partial charge in [-0.05, 0) is 49.1 Å². The molecule has 1 aliphatic heterocycles. The minimum Gasteiger partial charge on any atom is -0.356 e. The molecule has 2 aromatic rings. The number of carbonyl (C=O) groups is 1. The molecule has 0 radical (unpaired) electrons. The Morgan fingerprint density at radius 2 is 1.70 bits per heavy atom. The fraction of sp³-hybridized carbons (Fsp3) is 0.435. The van der Waals surface area contributed by atoms with Gasteiger partial charge in [0.1, 0.15) is 0 Å². The third kappa shape index (κ3) is 7.04. The normalized spacial score (nSPS) is 17.6. The third-order valence-electron chi connectivity index (χ3n) is 5.08. The first-order valence-electron chi connectivity index (χ1n) is 10.0. The van der Waals surface area contributed by atoms with E-state index in [0.29, 0.717) is 24.3 Å². The van der Waals surface area contributed by atoms with Gasteiger partial charge in [0, 0.05) is 24.3 Å². The zero-order valence-electron chi connectivity index (χ0n) is 15.9. The lowest BCUT2D eigenvalue weighted by Gasteiger charge is -2.23. The SMILES string of the molecule is O=C(CC(SCCc1ccccc1)C1CCCN1)NCCc1ccccc1. The van der Waals surface area contributed by atoms with Crippen LogP contribution in [0.5, 0.6) is 0 Å². The molecule has 1 saturated heterocycles. The minimum atomic E-state index is 0.178. The molecule has 1 fully saturated rings. The van der Waals surface area contributed by atoms with Gasteiger partial charge in [-0.1, -0.05) is 60.7 Å². The second-order valence-electron chi connectivity index (χ2n) is 7.14. The van der Waals surface area contributed by atoms with E-state index in [1.807, 2.05) is 30.0 Å². The quantitative estimate of drug-likeness (QED) is 0.656. The van der Waals surface area contributed by atoms with Gasteiger partial charge in [0.2, 0.25) is 5.91 Å². The molecule has 3 rings (SSSR count). The molecule has 1 aliphatic rings. The topological polar surface area (TPSA) is 41.1 Å². The maximum absolute atomic E-state index is 12.5. The van der Waals surface area contributed by atoms with Crippen molar-refractivity contribution in [1.29, 1.82) is 0 Å². The fourth-order valence-corrected chi connectivity index (χ4v) is 4.95. The van der Waals surface area contributed by atoms with Crippen LogP contribution in [0.25, 0.3) is 0 Å². The van der Waals surface area contributed by atoms with Crippen molar-refractivity contribution in [1.82, 2.24) is 10.6 Å². The lowest BCUT2D eigenvalue weighted by Crippen LogP contribution is -2.38. The van der Waals surface area contributed by atoms with Gasteiger partial charge >= 0.3 is 0 Å². The Morgan fingerprint density at radius 3 is 2.33 bits per heavy atom. The first-order valence-corrected chi connectivity index (χ1v) is 11.1. The summed E-state index contributed by atoms with van der Waals surface area (Å²) >= 11 is 1.95. The fourth-order valence-electron chi connectivity index (χ4n) is 3.56. The smallest absolute Gasteiger partial charge is 0.221 e. The van der Waals surface area contributed by atoms with Crippen molar-refractivity contribution >= 4 is 17.7 Å². The highest BCUT2D eigenvalue weighted by atomic mass is 32.2. The van der Waals surface area contributed by atoms with Crippen molar-refractivity contribution < 1.29 is 4.79 Å². The molecule has 2 atom stereocenters. The van der Waals surface area contributed by atoms with Gasteiger partial charge in [0.15, 0.2) is 0 Å². The van der Waals surface area contributed by atoms with Gasteiger partial charge in [-0.2, -0.15) is 11.8 Å². The minimum absolute atomic E-state index is 0.178. The molecule has 0 bridgehead atoms. The summed E-state index contributed by atoms with van der Waals surface area (Å²) in [5, 5.41) is 7.06.